The summed E-state index contributed by atoms with van der Waals surface area (Å²) in [6.45, 7) is 1.79. The number of aromatic nitrogens is 4. The third kappa shape index (κ3) is 2.40. The Labute approximate surface area is 119 Å². The number of para-hydroxylation sites is 1. The van der Waals surface area contributed by atoms with Crippen LogP contribution < -0.4 is 11.3 Å². The lowest BCUT2D eigenvalue weighted by Crippen LogP contribution is -2.19. The molecule has 0 bridgehead atoms. The number of amides is 1. The summed E-state index contributed by atoms with van der Waals surface area (Å²) in [5.41, 5.74) is 6.83. The molecule has 7 heteroatoms. The van der Waals surface area contributed by atoms with Crippen molar-refractivity contribution in [3.63, 3.8) is 0 Å². The Bertz CT molecular complexity index is 894. The number of primary amides is 1. The highest BCUT2D eigenvalue weighted by molar-refractivity contribution is 5.78. The topological polar surface area (TPSA) is 107 Å². The van der Waals surface area contributed by atoms with E-state index in [1.807, 2.05) is 0 Å². The Morgan fingerprint density at radius 1 is 1.38 bits per heavy atom. The second-order valence-electron chi connectivity index (χ2n) is 4.74. The van der Waals surface area contributed by atoms with Gasteiger partial charge in [0.2, 0.25) is 11.9 Å². The fourth-order valence-electron chi connectivity index (χ4n) is 2.22. The van der Waals surface area contributed by atoms with E-state index in [-0.39, 0.29) is 17.9 Å². The molecule has 0 spiro atoms. The first-order chi connectivity index (χ1) is 10.0. The molecule has 106 valence electrons. The zero-order valence-corrected chi connectivity index (χ0v) is 11.3. The molecule has 3 N–H and O–H groups in total. The summed E-state index contributed by atoms with van der Waals surface area (Å²) >= 11 is 0. The number of nitrogens with two attached hydrogens (primary N) is 1. The number of carbonyl (C=O) groups is 1. The fourth-order valence-corrected chi connectivity index (χ4v) is 2.22. The minimum absolute atomic E-state index is 0.0252. The third-order valence-electron chi connectivity index (χ3n) is 3.06. The van der Waals surface area contributed by atoms with Gasteiger partial charge in [-0.05, 0) is 25.1 Å². The lowest BCUT2D eigenvalue weighted by atomic mass is 10.2. The Morgan fingerprint density at radius 2 is 2.14 bits per heavy atom. The van der Waals surface area contributed by atoms with E-state index in [9.17, 15) is 9.59 Å². The highest BCUT2D eigenvalue weighted by Gasteiger charge is 2.13. The molecular weight excluding hydrogens is 270 g/mol. The van der Waals surface area contributed by atoms with Crippen LogP contribution in [0.1, 0.15) is 11.4 Å². The van der Waals surface area contributed by atoms with Crippen molar-refractivity contribution in [1.29, 1.82) is 0 Å². The van der Waals surface area contributed by atoms with Gasteiger partial charge in [-0.25, -0.2) is 9.67 Å². The molecule has 2 heterocycles. The van der Waals surface area contributed by atoms with E-state index >= 15 is 0 Å². The van der Waals surface area contributed by atoms with Crippen LogP contribution in [0.2, 0.25) is 0 Å². The van der Waals surface area contributed by atoms with Gasteiger partial charge < -0.3 is 5.73 Å². The predicted molar refractivity (Wildman–Crippen MR) is 77.1 cm³/mol. The maximum Gasteiger partial charge on any atom is 0.260 e. The quantitative estimate of drug-likeness (QED) is 0.727. The molecule has 3 aromatic rings. The first-order valence-electron chi connectivity index (χ1n) is 6.38. The van der Waals surface area contributed by atoms with E-state index in [0.29, 0.717) is 22.3 Å². The maximum atomic E-state index is 12.1. The minimum Gasteiger partial charge on any atom is -0.369 e. The van der Waals surface area contributed by atoms with Crippen LogP contribution in [0.25, 0.3) is 16.9 Å². The van der Waals surface area contributed by atoms with E-state index in [2.05, 4.69) is 15.1 Å². The highest BCUT2D eigenvalue weighted by Crippen LogP contribution is 2.12. The fraction of sp³-hybridized carbons (Fsp3) is 0.143. The zero-order chi connectivity index (χ0) is 15.0. The molecular formula is C14H13N5O2. The summed E-state index contributed by atoms with van der Waals surface area (Å²) in [5, 5.41) is 4.76. The summed E-state index contributed by atoms with van der Waals surface area (Å²) in [5.74, 6) is -0.206. The van der Waals surface area contributed by atoms with Crippen LogP contribution in [0, 0.1) is 6.92 Å². The number of carbonyl (C=O) groups excluding carboxylic acids is 1. The Hall–Kier alpha value is -2.96. The molecule has 3 rings (SSSR count). The summed E-state index contributed by atoms with van der Waals surface area (Å²) < 4.78 is 1.44. The van der Waals surface area contributed by atoms with Gasteiger partial charge in [0.1, 0.15) is 0 Å². The lowest BCUT2D eigenvalue weighted by molar-refractivity contribution is -0.117. The van der Waals surface area contributed by atoms with E-state index in [0.717, 1.165) is 0 Å². The normalized spacial score (nSPS) is 10.9. The Morgan fingerprint density at radius 3 is 2.90 bits per heavy atom. The van der Waals surface area contributed by atoms with Crippen molar-refractivity contribution in [1.82, 2.24) is 19.7 Å². The van der Waals surface area contributed by atoms with Gasteiger partial charge in [-0.15, -0.1) is 0 Å². The highest BCUT2D eigenvalue weighted by atomic mass is 16.1. The van der Waals surface area contributed by atoms with Crippen LogP contribution >= 0.6 is 0 Å². The van der Waals surface area contributed by atoms with Gasteiger partial charge in [0, 0.05) is 0 Å². The number of hydrogen-bond donors (Lipinski definition) is 2. The number of hydrogen-bond acceptors (Lipinski definition) is 4. The molecule has 0 radical (unpaired) electrons. The molecule has 21 heavy (non-hydrogen) atoms. The number of nitrogens with zero attached hydrogens (tertiary/aromatic N) is 3. The molecule has 0 aliphatic heterocycles. The Kier molecular flexibility index (Phi) is 3.02. The summed E-state index contributed by atoms with van der Waals surface area (Å²) in [6, 6.07) is 8.76. The summed E-state index contributed by atoms with van der Waals surface area (Å²) in [6.07, 6.45) is 0.0252. The van der Waals surface area contributed by atoms with Crippen LogP contribution in [-0.4, -0.2) is 25.7 Å². The number of rotatable bonds is 3. The maximum absolute atomic E-state index is 12.1. The Balaban J connectivity index is 2.21. The molecule has 0 fully saturated rings. The van der Waals surface area contributed by atoms with E-state index in [4.69, 9.17) is 5.73 Å². The smallest absolute Gasteiger partial charge is 0.260 e. The van der Waals surface area contributed by atoms with Crippen molar-refractivity contribution >= 4 is 16.8 Å². The number of benzene rings is 1. The van der Waals surface area contributed by atoms with E-state index < -0.39 is 5.91 Å². The molecule has 0 atom stereocenters. The largest absolute Gasteiger partial charge is 0.369 e. The SMILES string of the molecule is Cc1cc(CC(N)=O)n(-c2nc3ccccc3c(=O)[nH]2)n1. The van der Waals surface area contributed by atoms with Gasteiger partial charge in [0.15, 0.2) is 0 Å². The first kappa shape index (κ1) is 13.0. The van der Waals surface area contributed by atoms with Crippen molar-refractivity contribution < 1.29 is 4.79 Å². The standard InChI is InChI=1S/C14H13N5O2/c1-8-6-9(7-12(15)20)19(18-8)14-16-11-5-3-2-4-10(11)13(21)17-14/h2-6H,7H2,1H3,(H2,15,20)(H,16,17,21). The van der Waals surface area contributed by atoms with Gasteiger partial charge >= 0.3 is 0 Å². The minimum atomic E-state index is -0.473. The van der Waals surface area contributed by atoms with Crippen LogP contribution in [0.4, 0.5) is 0 Å². The second kappa shape index (κ2) is 4.86. The molecule has 0 aliphatic carbocycles. The van der Waals surface area contributed by atoms with Crippen molar-refractivity contribution in [2.45, 2.75) is 13.3 Å². The molecule has 7 nitrogen and oxygen atoms in total. The summed E-state index contributed by atoms with van der Waals surface area (Å²) in [4.78, 5) is 30.3. The molecule has 0 aliphatic rings. The number of H-pyrrole nitrogens is 1. The van der Waals surface area contributed by atoms with Crippen molar-refractivity contribution in [2.24, 2.45) is 5.73 Å². The van der Waals surface area contributed by atoms with Gasteiger partial charge in [-0.2, -0.15) is 5.10 Å². The molecule has 0 saturated heterocycles. The van der Waals surface area contributed by atoms with E-state index in [1.54, 1.807) is 37.3 Å². The average molecular weight is 283 g/mol. The summed E-state index contributed by atoms with van der Waals surface area (Å²) in [7, 11) is 0. The second-order valence-corrected chi connectivity index (χ2v) is 4.74. The molecule has 1 amide bonds. The monoisotopic (exact) mass is 283 g/mol. The number of aryl methyl sites for hydroxylation is 1. The predicted octanol–water partition coefficient (Wildman–Crippen LogP) is 0.445. The van der Waals surface area contributed by atoms with E-state index in [1.165, 1.54) is 4.68 Å². The third-order valence-corrected chi connectivity index (χ3v) is 3.06. The molecule has 1 aromatic carbocycles. The number of aromatic amines is 1. The van der Waals surface area contributed by atoms with Gasteiger partial charge in [-0.3, -0.25) is 14.6 Å². The van der Waals surface area contributed by atoms with Gasteiger partial charge in [0.05, 0.1) is 28.7 Å². The van der Waals surface area contributed by atoms with Crippen LogP contribution in [-0.2, 0) is 11.2 Å². The van der Waals surface area contributed by atoms with Crippen LogP contribution in [0.15, 0.2) is 35.1 Å². The van der Waals surface area contributed by atoms with Gasteiger partial charge in [0.25, 0.3) is 5.56 Å². The zero-order valence-electron chi connectivity index (χ0n) is 11.3. The van der Waals surface area contributed by atoms with Crippen molar-refractivity contribution in [3.05, 3.63) is 52.1 Å². The van der Waals surface area contributed by atoms with Crippen LogP contribution in [0.5, 0.6) is 0 Å². The first-order valence-corrected chi connectivity index (χ1v) is 6.38. The lowest BCUT2D eigenvalue weighted by Gasteiger charge is -2.06. The average Bonchev–Trinajstić information content (AvgIpc) is 2.78. The van der Waals surface area contributed by atoms with Crippen molar-refractivity contribution in [3.8, 4) is 5.95 Å². The van der Waals surface area contributed by atoms with Crippen molar-refractivity contribution in [2.75, 3.05) is 0 Å². The number of nitrogens with one attached hydrogen (secondary N) is 1. The molecule has 2 aromatic heterocycles. The number of fused-ring (bicyclic) bond motifs is 1. The van der Waals surface area contributed by atoms with Gasteiger partial charge in [-0.1, -0.05) is 12.1 Å². The molecule has 0 unspecified atom stereocenters. The molecule has 0 saturated carbocycles. The van der Waals surface area contributed by atoms with Crippen LogP contribution in [0.3, 0.4) is 0 Å².